The second kappa shape index (κ2) is 10.4. The lowest BCUT2D eigenvalue weighted by molar-refractivity contribution is -0.158. The summed E-state index contributed by atoms with van der Waals surface area (Å²) in [4.78, 5) is 24.4. The molecule has 0 N–H and O–H groups in total. The van der Waals surface area contributed by atoms with Crippen molar-refractivity contribution in [1.82, 2.24) is 0 Å². The topological polar surface area (TPSA) is 61.8 Å². The van der Waals surface area contributed by atoms with E-state index in [0.717, 1.165) is 11.3 Å². The van der Waals surface area contributed by atoms with Crippen LogP contribution in [0.1, 0.15) is 18.9 Å². The monoisotopic (exact) mass is 356 g/mol. The van der Waals surface area contributed by atoms with E-state index in [-0.39, 0.29) is 12.4 Å². The van der Waals surface area contributed by atoms with Crippen LogP contribution < -0.4 is 4.74 Å². The Hall–Kier alpha value is -2.66. The molecular weight excluding hydrogens is 332 g/mol. The van der Waals surface area contributed by atoms with Crippen molar-refractivity contribution in [2.45, 2.75) is 26.1 Å². The first-order chi connectivity index (χ1) is 12.6. The molecule has 5 nitrogen and oxygen atoms in total. The lowest BCUT2D eigenvalue weighted by Crippen LogP contribution is -2.37. The van der Waals surface area contributed by atoms with Crippen molar-refractivity contribution in [3.63, 3.8) is 0 Å². The highest BCUT2D eigenvalue weighted by Crippen LogP contribution is 2.17. The summed E-state index contributed by atoms with van der Waals surface area (Å²) >= 11 is 0. The van der Waals surface area contributed by atoms with Crippen LogP contribution in [0.15, 0.2) is 60.7 Å². The van der Waals surface area contributed by atoms with Gasteiger partial charge in [0.1, 0.15) is 24.1 Å². The summed E-state index contributed by atoms with van der Waals surface area (Å²) in [6.45, 7) is 1.83. The first kappa shape index (κ1) is 19.7. The van der Waals surface area contributed by atoms with Crippen molar-refractivity contribution < 1.29 is 23.8 Å². The molecule has 0 aliphatic heterocycles. The minimum atomic E-state index is -0.969. The van der Waals surface area contributed by atoms with E-state index in [1.165, 1.54) is 14.0 Å². The van der Waals surface area contributed by atoms with Crippen LogP contribution in [0.3, 0.4) is 0 Å². The molecule has 0 bridgehead atoms. The van der Waals surface area contributed by atoms with Crippen LogP contribution >= 0.6 is 0 Å². The number of ketones is 1. The molecule has 0 fully saturated rings. The predicted molar refractivity (Wildman–Crippen MR) is 97.8 cm³/mol. The summed E-state index contributed by atoms with van der Waals surface area (Å²) in [5.74, 6) is -1.10. The number of benzene rings is 2. The summed E-state index contributed by atoms with van der Waals surface area (Å²) in [5.41, 5.74) is 0.865. The molecule has 0 saturated carbocycles. The quantitative estimate of drug-likeness (QED) is 0.482. The average molecular weight is 356 g/mol. The molecule has 138 valence electrons. The number of carbonyl (C=O) groups is 2. The second-order valence-electron chi connectivity index (χ2n) is 5.91. The van der Waals surface area contributed by atoms with Gasteiger partial charge in [0.05, 0.1) is 12.7 Å². The molecule has 0 spiro atoms. The van der Waals surface area contributed by atoms with E-state index in [9.17, 15) is 9.59 Å². The lowest BCUT2D eigenvalue weighted by atomic mass is 9.96. The number of rotatable bonds is 10. The fourth-order valence-electron chi connectivity index (χ4n) is 2.63. The van der Waals surface area contributed by atoms with Crippen LogP contribution in [0.25, 0.3) is 0 Å². The average Bonchev–Trinajstić information content (AvgIpc) is 2.66. The maximum atomic E-state index is 12.4. The van der Waals surface area contributed by atoms with E-state index in [2.05, 4.69) is 0 Å². The summed E-state index contributed by atoms with van der Waals surface area (Å²) in [7, 11) is 1.48. The van der Waals surface area contributed by atoms with E-state index >= 15 is 0 Å². The van der Waals surface area contributed by atoms with Gasteiger partial charge in [0.15, 0.2) is 0 Å². The van der Waals surface area contributed by atoms with E-state index in [1.807, 2.05) is 60.7 Å². The smallest absolute Gasteiger partial charge is 0.319 e. The minimum Gasteiger partial charge on any atom is -0.493 e. The van der Waals surface area contributed by atoms with Crippen LogP contribution in [0.2, 0.25) is 0 Å². The van der Waals surface area contributed by atoms with Gasteiger partial charge in [-0.2, -0.15) is 0 Å². The molecule has 2 unspecified atom stereocenters. The van der Waals surface area contributed by atoms with Gasteiger partial charge in [-0.15, -0.1) is 0 Å². The third-order valence-corrected chi connectivity index (χ3v) is 4.00. The van der Waals surface area contributed by atoms with E-state index in [4.69, 9.17) is 14.2 Å². The van der Waals surface area contributed by atoms with E-state index < -0.39 is 18.0 Å². The number of methoxy groups -OCH3 is 1. The highest BCUT2D eigenvalue weighted by atomic mass is 16.5. The third-order valence-electron chi connectivity index (χ3n) is 4.00. The SMILES string of the molecule is COC(CCOc1ccccc1)C(C(C)=O)C(=O)OCc1ccccc1. The molecular formula is C21H24O5. The summed E-state index contributed by atoms with van der Waals surface area (Å²) in [5, 5.41) is 0. The Labute approximate surface area is 153 Å². The number of ether oxygens (including phenoxy) is 3. The standard InChI is InChI=1S/C21H24O5/c1-16(22)20(21(23)26-15-17-9-5-3-6-10-17)19(24-2)13-14-25-18-11-7-4-8-12-18/h3-12,19-20H,13-15H2,1-2H3. The van der Waals surface area contributed by atoms with Gasteiger partial charge in [0.2, 0.25) is 0 Å². The summed E-state index contributed by atoms with van der Waals surface area (Å²) < 4.78 is 16.3. The van der Waals surface area contributed by atoms with Crippen molar-refractivity contribution in [2.75, 3.05) is 13.7 Å². The molecule has 2 aromatic rings. The van der Waals surface area contributed by atoms with E-state index in [0.29, 0.717) is 13.0 Å². The van der Waals surface area contributed by atoms with Crippen molar-refractivity contribution in [3.8, 4) is 5.75 Å². The molecule has 0 aliphatic rings. The van der Waals surface area contributed by atoms with Crippen molar-refractivity contribution in [3.05, 3.63) is 66.2 Å². The third kappa shape index (κ3) is 6.01. The molecule has 0 aromatic heterocycles. The Kier molecular flexibility index (Phi) is 7.83. The Bertz CT molecular complexity index is 684. The number of hydrogen-bond acceptors (Lipinski definition) is 5. The van der Waals surface area contributed by atoms with Crippen LogP contribution in [0, 0.1) is 5.92 Å². The number of carbonyl (C=O) groups excluding carboxylic acids is 2. The van der Waals surface area contributed by atoms with Crippen molar-refractivity contribution in [2.24, 2.45) is 5.92 Å². The molecule has 0 amide bonds. The van der Waals surface area contributed by atoms with Crippen molar-refractivity contribution in [1.29, 1.82) is 0 Å². The first-order valence-electron chi connectivity index (χ1n) is 8.53. The Balaban J connectivity index is 1.91. The largest absolute Gasteiger partial charge is 0.493 e. The predicted octanol–water partition coefficient (Wildman–Crippen LogP) is 3.42. The van der Waals surface area contributed by atoms with Crippen LogP contribution in [-0.4, -0.2) is 31.6 Å². The van der Waals surface area contributed by atoms with Crippen LogP contribution in [0.5, 0.6) is 5.75 Å². The molecule has 2 atom stereocenters. The van der Waals surface area contributed by atoms with Gasteiger partial charge in [0.25, 0.3) is 0 Å². The van der Waals surface area contributed by atoms with Gasteiger partial charge < -0.3 is 14.2 Å². The van der Waals surface area contributed by atoms with E-state index in [1.54, 1.807) is 0 Å². The first-order valence-corrected chi connectivity index (χ1v) is 8.53. The Morgan fingerprint density at radius 2 is 1.58 bits per heavy atom. The highest BCUT2D eigenvalue weighted by Gasteiger charge is 2.34. The molecule has 0 aliphatic carbocycles. The molecule has 2 rings (SSSR count). The number of para-hydroxylation sites is 1. The molecule has 0 saturated heterocycles. The Morgan fingerprint density at radius 3 is 2.15 bits per heavy atom. The van der Waals surface area contributed by atoms with Gasteiger partial charge in [-0.25, -0.2) is 0 Å². The Morgan fingerprint density at radius 1 is 0.962 bits per heavy atom. The minimum absolute atomic E-state index is 0.125. The fraction of sp³-hybridized carbons (Fsp3) is 0.333. The number of Topliss-reactive ketones (excluding diaryl/α,β-unsaturated/α-hetero) is 1. The maximum absolute atomic E-state index is 12.4. The second-order valence-corrected chi connectivity index (χ2v) is 5.91. The fourth-order valence-corrected chi connectivity index (χ4v) is 2.63. The summed E-state index contributed by atoms with van der Waals surface area (Å²) in [6, 6.07) is 18.7. The summed E-state index contributed by atoms with van der Waals surface area (Å²) in [6.07, 6.45) is -0.199. The lowest BCUT2D eigenvalue weighted by Gasteiger charge is -2.22. The van der Waals surface area contributed by atoms with Crippen LogP contribution in [-0.2, 0) is 25.7 Å². The van der Waals surface area contributed by atoms with Crippen molar-refractivity contribution >= 4 is 11.8 Å². The molecule has 2 aromatic carbocycles. The molecule has 0 radical (unpaired) electrons. The zero-order valence-corrected chi connectivity index (χ0v) is 15.1. The zero-order valence-electron chi connectivity index (χ0n) is 15.1. The molecule has 0 heterocycles. The van der Waals surface area contributed by atoms with Gasteiger partial charge in [-0.05, 0) is 24.6 Å². The highest BCUT2D eigenvalue weighted by molar-refractivity contribution is 5.98. The van der Waals surface area contributed by atoms with Gasteiger partial charge >= 0.3 is 5.97 Å². The van der Waals surface area contributed by atoms with Gasteiger partial charge in [-0.3, -0.25) is 9.59 Å². The number of esters is 1. The molecule has 5 heteroatoms. The van der Waals surface area contributed by atoms with Crippen LogP contribution in [0.4, 0.5) is 0 Å². The molecule has 26 heavy (non-hydrogen) atoms. The normalized spacial score (nSPS) is 12.8. The van der Waals surface area contributed by atoms with Gasteiger partial charge in [-0.1, -0.05) is 48.5 Å². The zero-order chi connectivity index (χ0) is 18.8. The van der Waals surface area contributed by atoms with Gasteiger partial charge in [0, 0.05) is 13.5 Å². The maximum Gasteiger partial charge on any atom is 0.319 e. The number of hydrogen-bond donors (Lipinski definition) is 0.